The van der Waals surface area contributed by atoms with Crippen LogP contribution in [0.5, 0.6) is 0 Å². The summed E-state index contributed by atoms with van der Waals surface area (Å²) in [5, 5.41) is 0. The Kier molecular flexibility index (Phi) is 7.21. The average molecular weight is 377 g/mol. The van der Waals surface area contributed by atoms with Crippen molar-refractivity contribution in [2.24, 2.45) is 5.73 Å². The lowest BCUT2D eigenvalue weighted by atomic mass is 10.5. The quantitative estimate of drug-likeness (QED) is 0.815. The third kappa shape index (κ3) is 3.44. The first kappa shape index (κ1) is 15.9. The highest BCUT2D eigenvalue weighted by molar-refractivity contribution is 9.13. The monoisotopic (exact) mass is 375 g/mol. The van der Waals surface area contributed by atoms with Crippen LogP contribution in [0.25, 0.3) is 0 Å². The van der Waals surface area contributed by atoms with Crippen LogP contribution in [-0.2, 0) is 11.3 Å². The van der Waals surface area contributed by atoms with Crippen LogP contribution in [0.1, 0.15) is 17.5 Å². The van der Waals surface area contributed by atoms with Gasteiger partial charge < -0.3 is 15.0 Å². The average Bonchev–Trinajstić information content (AvgIpc) is 2.47. The molecule has 1 aromatic heterocycles. The van der Waals surface area contributed by atoms with Gasteiger partial charge in [-0.1, -0.05) is 0 Å². The van der Waals surface area contributed by atoms with Crippen molar-refractivity contribution in [3.8, 4) is 0 Å². The predicted molar refractivity (Wildman–Crippen MR) is 69.9 cm³/mol. The Morgan fingerprint density at radius 1 is 1.56 bits per heavy atom. The lowest BCUT2D eigenvalue weighted by Crippen LogP contribution is -2.17. The first-order valence-corrected chi connectivity index (χ1v) is 5.99. The molecule has 0 atom stereocenters. The number of imidazole rings is 1. The van der Waals surface area contributed by atoms with E-state index in [1.807, 2.05) is 0 Å². The van der Waals surface area contributed by atoms with Crippen LogP contribution in [0.2, 0.25) is 0 Å². The van der Waals surface area contributed by atoms with E-state index >= 15 is 0 Å². The molecule has 0 saturated carbocycles. The number of carbonyl (C=O) groups is 1. The van der Waals surface area contributed by atoms with E-state index in [2.05, 4.69) is 36.8 Å². The van der Waals surface area contributed by atoms with Crippen LogP contribution in [0.4, 0.5) is 0 Å². The van der Waals surface area contributed by atoms with Gasteiger partial charge in [-0.2, -0.15) is 0 Å². The van der Waals surface area contributed by atoms with Crippen molar-refractivity contribution < 1.29 is 9.53 Å². The molecule has 2 N–H and O–H groups in total. The second-order valence-electron chi connectivity index (χ2n) is 2.68. The maximum atomic E-state index is 11.5. The third-order valence-electron chi connectivity index (χ3n) is 1.68. The van der Waals surface area contributed by atoms with Crippen LogP contribution in [-0.4, -0.2) is 28.7 Å². The molecule has 0 bridgehead atoms. The van der Waals surface area contributed by atoms with E-state index < -0.39 is 5.97 Å². The number of halogens is 3. The molecular weight excluding hydrogens is 365 g/mol. The molecule has 1 heterocycles. The highest BCUT2D eigenvalue weighted by Gasteiger charge is 2.19. The van der Waals surface area contributed by atoms with Gasteiger partial charge in [0.2, 0.25) is 5.82 Å². The zero-order chi connectivity index (χ0) is 11.4. The number of esters is 1. The van der Waals surface area contributed by atoms with Gasteiger partial charge in [0, 0.05) is 13.1 Å². The summed E-state index contributed by atoms with van der Waals surface area (Å²) >= 11 is 6.54. The minimum Gasteiger partial charge on any atom is -0.460 e. The molecule has 16 heavy (non-hydrogen) atoms. The number of rotatable bonds is 4. The molecule has 92 valence electrons. The Hall–Kier alpha value is -0.110. The fourth-order valence-corrected chi connectivity index (χ4v) is 1.90. The van der Waals surface area contributed by atoms with Crippen LogP contribution < -0.4 is 5.73 Å². The molecule has 1 aromatic rings. The molecule has 0 fully saturated rings. The van der Waals surface area contributed by atoms with E-state index in [4.69, 9.17) is 10.5 Å². The summed E-state index contributed by atoms with van der Waals surface area (Å²) in [4.78, 5) is 15.6. The highest BCUT2D eigenvalue weighted by Crippen LogP contribution is 2.24. The van der Waals surface area contributed by atoms with E-state index in [1.54, 1.807) is 11.5 Å². The lowest BCUT2D eigenvalue weighted by molar-refractivity contribution is 0.0506. The normalized spacial score (nSPS) is 9.75. The topological polar surface area (TPSA) is 70.1 Å². The van der Waals surface area contributed by atoms with Crippen molar-refractivity contribution in [2.75, 3.05) is 13.2 Å². The fraction of sp³-hybridized carbons (Fsp3) is 0.500. The van der Waals surface area contributed by atoms with Crippen LogP contribution in [0, 0.1) is 0 Å². The van der Waals surface area contributed by atoms with Gasteiger partial charge in [-0.25, -0.2) is 9.78 Å². The maximum absolute atomic E-state index is 11.5. The van der Waals surface area contributed by atoms with Gasteiger partial charge >= 0.3 is 5.97 Å². The van der Waals surface area contributed by atoms with E-state index in [1.165, 1.54) is 0 Å². The van der Waals surface area contributed by atoms with Gasteiger partial charge in [0.25, 0.3) is 0 Å². The molecule has 8 heteroatoms. The first-order chi connectivity index (χ1) is 7.11. The molecule has 0 spiro atoms. The second kappa shape index (κ2) is 7.26. The SMILES string of the molecule is CCOC(=O)c1nc(Br)c(Br)n1CCN.Cl. The van der Waals surface area contributed by atoms with Gasteiger partial charge in [-0.3, -0.25) is 0 Å². The summed E-state index contributed by atoms with van der Waals surface area (Å²) in [7, 11) is 0. The molecular formula is C8H12Br2ClN3O2. The number of nitrogens with two attached hydrogens (primary N) is 1. The molecule has 5 nitrogen and oxygen atoms in total. The Labute approximate surface area is 116 Å². The zero-order valence-electron chi connectivity index (χ0n) is 8.57. The van der Waals surface area contributed by atoms with Gasteiger partial charge in [0.05, 0.1) is 6.61 Å². The van der Waals surface area contributed by atoms with Crippen LogP contribution >= 0.6 is 44.3 Å². The van der Waals surface area contributed by atoms with Crippen molar-refractivity contribution in [2.45, 2.75) is 13.5 Å². The molecule has 0 aromatic carbocycles. The molecule has 0 aliphatic rings. The standard InChI is InChI=1S/C8H11Br2N3O2.ClH/c1-2-15-8(14)7-12-5(9)6(10)13(7)4-3-11;/h2-4,11H2,1H3;1H. The summed E-state index contributed by atoms with van der Waals surface area (Å²) in [5.74, 6) is -0.196. The number of hydrogen-bond acceptors (Lipinski definition) is 4. The summed E-state index contributed by atoms with van der Waals surface area (Å²) in [6.45, 7) is 3.00. The van der Waals surface area contributed by atoms with Crippen molar-refractivity contribution in [1.82, 2.24) is 9.55 Å². The van der Waals surface area contributed by atoms with E-state index in [-0.39, 0.29) is 18.2 Å². The van der Waals surface area contributed by atoms with E-state index in [0.29, 0.717) is 28.9 Å². The molecule has 0 amide bonds. The van der Waals surface area contributed by atoms with Gasteiger partial charge in [-0.05, 0) is 38.8 Å². The van der Waals surface area contributed by atoms with Crippen LogP contribution in [0.15, 0.2) is 9.21 Å². The largest absolute Gasteiger partial charge is 0.460 e. The van der Waals surface area contributed by atoms with Gasteiger partial charge in [0.15, 0.2) is 0 Å². The van der Waals surface area contributed by atoms with E-state index in [9.17, 15) is 4.79 Å². The van der Waals surface area contributed by atoms with Crippen molar-refractivity contribution in [1.29, 1.82) is 0 Å². The van der Waals surface area contributed by atoms with Gasteiger partial charge in [0.1, 0.15) is 9.21 Å². The fourth-order valence-electron chi connectivity index (χ4n) is 1.09. The van der Waals surface area contributed by atoms with E-state index in [0.717, 1.165) is 0 Å². The second-order valence-corrected chi connectivity index (χ2v) is 4.18. The van der Waals surface area contributed by atoms with Crippen LogP contribution in [0.3, 0.4) is 0 Å². The highest BCUT2D eigenvalue weighted by atomic mass is 79.9. The lowest BCUT2D eigenvalue weighted by Gasteiger charge is -2.06. The number of ether oxygens (including phenoxy) is 1. The Morgan fingerprint density at radius 2 is 2.19 bits per heavy atom. The summed E-state index contributed by atoms with van der Waals surface area (Å²) in [5.41, 5.74) is 5.44. The minimum absolute atomic E-state index is 0. The Morgan fingerprint density at radius 3 is 2.69 bits per heavy atom. The molecule has 0 aliphatic heterocycles. The summed E-state index contributed by atoms with van der Waals surface area (Å²) < 4.78 is 7.81. The maximum Gasteiger partial charge on any atom is 0.374 e. The summed E-state index contributed by atoms with van der Waals surface area (Å²) in [6.07, 6.45) is 0. The molecule has 0 saturated heterocycles. The van der Waals surface area contributed by atoms with Gasteiger partial charge in [-0.15, -0.1) is 12.4 Å². The first-order valence-electron chi connectivity index (χ1n) is 4.40. The zero-order valence-corrected chi connectivity index (χ0v) is 12.6. The molecule has 0 aliphatic carbocycles. The summed E-state index contributed by atoms with van der Waals surface area (Å²) in [6, 6.07) is 0. The van der Waals surface area contributed by atoms with Crippen molar-refractivity contribution >= 4 is 50.2 Å². The predicted octanol–water partition coefficient (Wildman–Crippen LogP) is 1.97. The minimum atomic E-state index is -0.447. The smallest absolute Gasteiger partial charge is 0.374 e. The number of carbonyl (C=O) groups excluding carboxylic acids is 1. The van der Waals surface area contributed by atoms with Crippen molar-refractivity contribution in [3.63, 3.8) is 0 Å². The Bertz CT molecular complexity index is 370. The number of nitrogens with zero attached hydrogens (tertiary/aromatic N) is 2. The third-order valence-corrected chi connectivity index (χ3v) is 3.57. The number of aromatic nitrogens is 2. The Balaban J connectivity index is 0.00000225. The molecule has 0 unspecified atom stereocenters. The van der Waals surface area contributed by atoms with Crippen molar-refractivity contribution in [3.05, 3.63) is 15.0 Å². The number of hydrogen-bond donors (Lipinski definition) is 1. The molecule has 1 rings (SSSR count). The molecule has 0 radical (unpaired) electrons.